The standard InChI is InChI=1S/C22H28ClFN4O3/c1-28-19(7-17(27-28)12-2-3-12)21(30)26-22-8-13(9-22)18(10-22)25-20(29)11-31-14-4-5-15(23)16(24)6-14/h4-6,12-13,17-19,27H,2-3,7-11H2,1H3,(H,25,29)(H,26,30). The number of nitrogens with zero attached hydrogens (tertiary/aromatic N) is 1. The highest BCUT2D eigenvalue weighted by atomic mass is 35.5. The van der Waals surface area contributed by atoms with Crippen molar-refractivity contribution < 1.29 is 18.7 Å². The number of amides is 2. The largest absolute Gasteiger partial charge is 0.484 e. The van der Waals surface area contributed by atoms with Crippen LogP contribution >= 0.6 is 11.6 Å². The van der Waals surface area contributed by atoms with E-state index in [2.05, 4.69) is 16.1 Å². The van der Waals surface area contributed by atoms with E-state index in [0.717, 1.165) is 31.7 Å². The third-order valence-corrected chi connectivity index (χ3v) is 7.60. The number of rotatable bonds is 7. The normalized spacial score (nSPS) is 34.3. The lowest BCUT2D eigenvalue weighted by Crippen LogP contribution is -2.56. The molecule has 1 aromatic rings. The molecule has 9 heteroatoms. The average Bonchev–Trinajstić information content (AvgIpc) is 3.29. The highest BCUT2D eigenvalue weighted by Gasteiger charge is 2.58. The predicted octanol–water partition coefficient (Wildman–Crippen LogP) is 2.00. The molecule has 1 aromatic carbocycles. The minimum absolute atomic E-state index is 0.0116. The van der Waals surface area contributed by atoms with Gasteiger partial charge in [-0.15, -0.1) is 0 Å². The summed E-state index contributed by atoms with van der Waals surface area (Å²) in [4.78, 5) is 25.2. The van der Waals surface area contributed by atoms with Crippen molar-refractivity contribution in [2.45, 2.75) is 62.2 Å². The first-order valence-electron chi connectivity index (χ1n) is 11.0. The van der Waals surface area contributed by atoms with Gasteiger partial charge < -0.3 is 15.4 Å². The van der Waals surface area contributed by atoms with Gasteiger partial charge in [0.05, 0.1) is 5.02 Å². The Hall–Kier alpha value is -1.90. The number of hydrazine groups is 1. The molecule has 31 heavy (non-hydrogen) atoms. The zero-order valence-corrected chi connectivity index (χ0v) is 18.3. The third kappa shape index (κ3) is 4.25. The van der Waals surface area contributed by atoms with Crippen LogP contribution in [0.4, 0.5) is 4.39 Å². The number of hydrogen-bond donors (Lipinski definition) is 3. The van der Waals surface area contributed by atoms with E-state index in [1.54, 1.807) is 0 Å². The number of hydrogen-bond acceptors (Lipinski definition) is 5. The molecule has 5 aliphatic rings. The Bertz CT molecular complexity index is 890. The molecule has 4 saturated carbocycles. The van der Waals surface area contributed by atoms with Crippen LogP contribution in [0.2, 0.25) is 5.02 Å². The number of fused-ring (bicyclic) bond motifs is 1. The molecule has 1 aliphatic heterocycles. The Kier molecular flexibility index (Phi) is 5.35. The second-order valence-corrected chi connectivity index (χ2v) is 10.0. The fourth-order valence-electron chi connectivity index (χ4n) is 5.50. The molecule has 1 saturated heterocycles. The van der Waals surface area contributed by atoms with E-state index in [4.69, 9.17) is 16.3 Å². The van der Waals surface area contributed by atoms with Gasteiger partial charge in [-0.3, -0.25) is 15.0 Å². The summed E-state index contributed by atoms with van der Waals surface area (Å²) in [5, 5.41) is 8.27. The van der Waals surface area contributed by atoms with Crippen molar-refractivity contribution in [3.8, 4) is 5.75 Å². The topological polar surface area (TPSA) is 82.7 Å². The van der Waals surface area contributed by atoms with Gasteiger partial charge in [0.1, 0.15) is 17.6 Å². The van der Waals surface area contributed by atoms with E-state index in [0.29, 0.717) is 17.9 Å². The van der Waals surface area contributed by atoms with Crippen molar-refractivity contribution in [1.82, 2.24) is 21.1 Å². The van der Waals surface area contributed by atoms with Crippen LogP contribution in [0.15, 0.2) is 18.2 Å². The summed E-state index contributed by atoms with van der Waals surface area (Å²) in [6.45, 7) is -0.190. The van der Waals surface area contributed by atoms with Gasteiger partial charge in [-0.2, -0.15) is 0 Å². The second-order valence-electron chi connectivity index (χ2n) is 9.62. The van der Waals surface area contributed by atoms with E-state index in [9.17, 15) is 14.0 Å². The van der Waals surface area contributed by atoms with Crippen molar-refractivity contribution >= 4 is 23.4 Å². The minimum Gasteiger partial charge on any atom is -0.484 e. The summed E-state index contributed by atoms with van der Waals surface area (Å²) in [5.74, 6) is 0.591. The van der Waals surface area contributed by atoms with Crippen LogP contribution in [0.3, 0.4) is 0 Å². The molecule has 3 N–H and O–H groups in total. The number of carbonyl (C=O) groups excluding carboxylic acids is 2. The van der Waals surface area contributed by atoms with Crippen LogP contribution in [0.5, 0.6) is 5.75 Å². The highest BCUT2D eigenvalue weighted by molar-refractivity contribution is 6.30. The van der Waals surface area contributed by atoms with Crippen LogP contribution in [-0.4, -0.2) is 54.1 Å². The van der Waals surface area contributed by atoms with Crippen molar-refractivity contribution in [2.75, 3.05) is 13.7 Å². The number of halogens is 2. The summed E-state index contributed by atoms with van der Waals surface area (Å²) in [6.07, 6.45) is 5.88. The Labute approximate surface area is 186 Å². The Balaban J connectivity index is 1.09. The molecule has 168 valence electrons. The van der Waals surface area contributed by atoms with Crippen LogP contribution in [0.1, 0.15) is 38.5 Å². The molecule has 3 atom stereocenters. The van der Waals surface area contributed by atoms with Crippen molar-refractivity contribution in [3.63, 3.8) is 0 Å². The number of carbonyl (C=O) groups is 2. The Morgan fingerprint density at radius 2 is 2.06 bits per heavy atom. The first kappa shape index (κ1) is 21.0. The Morgan fingerprint density at radius 3 is 2.77 bits per heavy atom. The van der Waals surface area contributed by atoms with Crippen molar-refractivity contribution in [2.24, 2.45) is 11.8 Å². The van der Waals surface area contributed by atoms with Gasteiger partial charge in [-0.25, -0.2) is 9.40 Å². The molecule has 7 nitrogen and oxygen atoms in total. The molecule has 2 amide bonds. The molecule has 3 unspecified atom stereocenters. The summed E-state index contributed by atoms with van der Waals surface area (Å²) in [5.41, 5.74) is 3.23. The maximum atomic E-state index is 13.5. The van der Waals surface area contributed by atoms with Crippen LogP contribution < -0.4 is 20.8 Å². The molecule has 1 heterocycles. The van der Waals surface area contributed by atoms with E-state index in [1.165, 1.54) is 25.0 Å². The lowest BCUT2D eigenvalue weighted by molar-refractivity contribution is -0.128. The van der Waals surface area contributed by atoms with E-state index in [-0.39, 0.29) is 46.8 Å². The van der Waals surface area contributed by atoms with Gasteiger partial charge in [0.25, 0.3) is 5.91 Å². The van der Waals surface area contributed by atoms with Gasteiger partial charge in [0, 0.05) is 30.7 Å². The molecule has 0 aromatic heterocycles. The smallest absolute Gasteiger partial charge is 0.258 e. The molecule has 4 aliphatic carbocycles. The zero-order chi connectivity index (χ0) is 21.8. The fourth-order valence-corrected chi connectivity index (χ4v) is 5.61. The Morgan fingerprint density at radius 1 is 1.29 bits per heavy atom. The third-order valence-electron chi connectivity index (χ3n) is 7.29. The van der Waals surface area contributed by atoms with Crippen LogP contribution in [0, 0.1) is 17.7 Å². The number of ether oxygens (including phenoxy) is 1. The maximum Gasteiger partial charge on any atom is 0.258 e. The van der Waals surface area contributed by atoms with Gasteiger partial charge in [0.15, 0.2) is 6.61 Å². The molecular weight excluding hydrogens is 423 g/mol. The quantitative estimate of drug-likeness (QED) is 0.592. The number of likely N-dealkylation sites (N-methyl/N-ethyl adjacent to an activating group) is 1. The van der Waals surface area contributed by atoms with E-state index >= 15 is 0 Å². The lowest BCUT2D eigenvalue weighted by Gasteiger charge is -2.40. The van der Waals surface area contributed by atoms with E-state index < -0.39 is 5.82 Å². The lowest BCUT2D eigenvalue weighted by atomic mass is 9.76. The molecule has 5 fully saturated rings. The first-order valence-corrected chi connectivity index (χ1v) is 11.4. The monoisotopic (exact) mass is 450 g/mol. The fraction of sp³-hybridized carbons (Fsp3) is 0.636. The molecule has 0 radical (unpaired) electrons. The van der Waals surface area contributed by atoms with Gasteiger partial charge in [0.2, 0.25) is 5.91 Å². The second kappa shape index (κ2) is 7.90. The van der Waals surface area contributed by atoms with Gasteiger partial charge in [-0.1, -0.05) is 11.6 Å². The summed E-state index contributed by atoms with van der Waals surface area (Å²) in [6, 6.07) is 4.38. The molecule has 2 bridgehead atoms. The van der Waals surface area contributed by atoms with Crippen molar-refractivity contribution in [3.05, 3.63) is 29.0 Å². The number of nitrogens with one attached hydrogen (secondary N) is 3. The molecule has 0 spiro atoms. The zero-order valence-electron chi connectivity index (χ0n) is 17.5. The number of benzene rings is 1. The van der Waals surface area contributed by atoms with Crippen LogP contribution in [-0.2, 0) is 9.59 Å². The highest BCUT2D eigenvalue weighted by Crippen LogP contribution is 2.52. The van der Waals surface area contributed by atoms with E-state index in [1.807, 2.05) is 12.1 Å². The SMILES string of the molecule is CN1NC(C2CC2)CC1C(=O)NC12CC(C1)C(NC(=O)COc1ccc(Cl)c(F)c1)C2. The molecule has 6 rings (SSSR count). The summed E-state index contributed by atoms with van der Waals surface area (Å²) in [7, 11) is 1.94. The van der Waals surface area contributed by atoms with Gasteiger partial charge >= 0.3 is 0 Å². The summed E-state index contributed by atoms with van der Waals surface area (Å²) >= 11 is 5.65. The average molecular weight is 451 g/mol. The maximum absolute atomic E-state index is 13.5. The molecular formula is C22H28ClFN4O3. The predicted molar refractivity (Wildman–Crippen MR) is 113 cm³/mol. The summed E-state index contributed by atoms with van der Waals surface area (Å²) < 4.78 is 18.9. The minimum atomic E-state index is -0.583. The van der Waals surface area contributed by atoms with Crippen molar-refractivity contribution in [1.29, 1.82) is 0 Å². The van der Waals surface area contributed by atoms with Crippen LogP contribution in [0.25, 0.3) is 0 Å². The van der Waals surface area contributed by atoms with Gasteiger partial charge in [-0.05, 0) is 62.5 Å². The first-order chi connectivity index (χ1) is 14.8.